The normalized spacial score (nSPS) is 16.0. The van der Waals surface area contributed by atoms with Gasteiger partial charge >= 0.3 is 0 Å². The molecule has 3 rings (SSSR count). The van der Waals surface area contributed by atoms with Crippen molar-refractivity contribution in [1.29, 1.82) is 0 Å². The summed E-state index contributed by atoms with van der Waals surface area (Å²) in [5.41, 5.74) is 3.74. The van der Waals surface area contributed by atoms with Gasteiger partial charge < -0.3 is 9.47 Å². The van der Waals surface area contributed by atoms with Crippen molar-refractivity contribution in [3.05, 3.63) is 60.2 Å². The summed E-state index contributed by atoms with van der Waals surface area (Å²) < 4.78 is 10.9. The van der Waals surface area contributed by atoms with Crippen molar-refractivity contribution in [2.75, 3.05) is 13.2 Å². The number of hydrogen-bond donors (Lipinski definition) is 0. The second kappa shape index (κ2) is 5.34. The fraction of sp³-hybridized carbons (Fsp3) is 0.250. The standard InChI is InChI=1S/C16H16O2/c1-2-4-14(5-3-1)15-8-6-13(7-9-15)12-16-17-10-11-18-16/h1-9,16H,10-12H2. The van der Waals surface area contributed by atoms with Crippen LogP contribution in [0.5, 0.6) is 0 Å². The molecule has 0 aliphatic carbocycles. The van der Waals surface area contributed by atoms with Gasteiger partial charge in [-0.15, -0.1) is 0 Å². The van der Waals surface area contributed by atoms with E-state index in [-0.39, 0.29) is 6.29 Å². The van der Waals surface area contributed by atoms with Crippen molar-refractivity contribution >= 4 is 0 Å². The van der Waals surface area contributed by atoms with Crippen LogP contribution < -0.4 is 0 Å². The van der Waals surface area contributed by atoms with Gasteiger partial charge in [0.25, 0.3) is 0 Å². The van der Waals surface area contributed by atoms with Crippen molar-refractivity contribution < 1.29 is 9.47 Å². The lowest BCUT2D eigenvalue weighted by atomic mass is 10.0. The molecular weight excluding hydrogens is 224 g/mol. The molecule has 0 aromatic heterocycles. The molecule has 0 saturated carbocycles. The first-order valence-corrected chi connectivity index (χ1v) is 6.29. The van der Waals surface area contributed by atoms with Crippen LogP contribution in [0.15, 0.2) is 54.6 Å². The third-order valence-corrected chi connectivity index (χ3v) is 3.15. The predicted molar refractivity (Wildman–Crippen MR) is 71.3 cm³/mol. The third-order valence-electron chi connectivity index (χ3n) is 3.15. The van der Waals surface area contributed by atoms with Crippen LogP contribution in [0.4, 0.5) is 0 Å². The Hall–Kier alpha value is -1.64. The SMILES string of the molecule is c1ccc(-c2ccc(CC3OCCO3)cc2)cc1. The Morgan fingerprint density at radius 1 is 0.778 bits per heavy atom. The highest BCUT2D eigenvalue weighted by atomic mass is 16.7. The van der Waals surface area contributed by atoms with Crippen LogP contribution >= 0.6 is 0 Å². The first-order chi connectivity index (χ1) is 8.92. The monoisotopic (exact) mass is 240 g/mol. The summed E-state index contributed by atoms with van der Waals surface area (Å²) in [4.78, 5) is 0. The molecule has 1 aliphatic rings. The maximum absolute atomic E-state index is 5.45. The van der Waals surface area contributed by atoms with Gasteiger partial charge in [-0.05, 0) is 16.7 Å². The van der Waals surface area contributed by atoms with E-state index < -0.39 is 0 Å². The summed E-state index contributed by atoms with van der Waals surface area (Å²) in [5.74, 6) is 0. The van der Waals surface area contributed by atoms with Gasteiger partial charge in [0.05, 0.1) is 13.2 Å². The van der Waals surface area contributed by atoms with E-state index in [1.807, 2.05) is 6.07 Å². The summed E-state index contributed by atoms with van der Waals surface area (Å²) in [5, 5.41) is 0. The molecular formula is C16H16O2. The van der Waals surface area contributed by atoms with Crippen LogP contribution in [0, 0.1) is 0 Å². The van der Waals surface area contributed by atoms with Crippen LogP contribution in [0.1, 0.15) is 5.56 Å². The molecule has 1 saturated heterocycles. The summed E-state index contributed by atoms with van der Waals surface area (Å²) in [6, 6.07) is 19.0. The Balaban J connectivity index is 1.72. The minimum Gasteiger partial charge on any atom is -0.350 e. The quantitative estimate of drug-likeness (QED) is 0.819. The van der Waals surface area contributed by atoms with Crippen molar-refractivity contribution in [1.82, 2.24) is 0 Å². The molecule has 0 bridgehead atoms. The summed E-state index contributed by atoms with van der Waals surface area (Å²) in [6.07, 6.45) is 0.766. The van der Waals surface area contributed by atoms with Gasteiger partial charge in [-0.1, -0.05) is 54.6 Å². The largest absolute Gasteiger partial charge is 0.350 e. The molecule has 1 fully saturated rings. The molecule has 0 radical (unpaired) electrons. The maximum Gasteiger partial charge on any atom is 0.161 e. The maximum atomic E-state index is 5.45. The Labute approximate surface area is 107 Å². The minimum atomic E-state index is -0.0624. The molecule has 0 unspecified atom stereocenters. The molecule has 2 heteroatoms. The Kier molecular flexibility index (Phi) is 3.40. The van der Waals surface area contributed by atoms with E-state index in [2.05, 4.69) is 48.5 Å². The van der Waals surface area contributed by atoms with E-state index in [1.54, 1.807) is 0 Å². The van der Waals surface area contributed by atoms with Gasteiger partial charge in [0.1, 0.15) is 0 Å². The Morgan fingerprint density at radius 2 is 1.39 bits per heavy atom. The van der Waals surface area contributed by atoms with Crippen LogP contribution in [-0.4, -0.2) is 19.5 Å². The van der Waals surface area contributed by atoms with Crippen LogP contribution in [0.25, 0.3) is 11.1 Å². The molecule has 2 aromatic rings. The van der Waals surface area contributed by atoms with E-state index in [9.17, 15) is 0 Å². The highest BCUT2D eigenvalue weighted by molar-refractivity contribution is 5.63. The smallest absolute Gasteiger partial charge is 0.161 e. The summed E-state index contributed by atoms with van der Waals surface area (Å²) >= 11 is 0. The Morgan fingerprint density at radius 3 is 2.06 bits per heavy atom. The zero-order chi connectivity index (χ0) is 12.2. The van der Waals surface area contributed by atoms with Crippen molar-refractivity contribution in [2.45, 2.75) is 12.7 Å². The lowest BCUT2D eigenvalue weighted by molar-refractivity contribution is -0.0399. The summed E-state index contributed by atoms with van der Waals surface area (Å²) in [7, 11) is 0. The summed E-state index contributed by atoms with van der Waals surface area (Å²) in [6.45, 7) is 1.43. The van der Waals surface area contributed by atoms with Crippen LogP contribution in [0.2, 0.25) is 0 Å². The molecule has 0 atom stereocenters. The molecule has 2 nitrogen and oxygen atoms in total. The van der Waals surface area contributed by atoms with Gasteiger partial charge in [-0.2, -0.15) is 0 Å². The minimum absolute atomic E-state index is 0.0624. The average molecular weight is 240 g/mol. The first kappa shape index (κ1) is 11.5. The van der Waals surface area contributed by atoms with Crippen molar-refractivity contribution in [3.63, 3.8) is 0 Å². The average Bonchev–Trinajstić information content (AvgIpc) is 2.94. The van der Waals surface area contributed by atoms with Gasteiger partial charge in [0.2, 0.25) is 0 Å². The molecule has 0 N–H and O–H groups in total. The van der Waals surface area contributed by atoms with E-state index in [1.165, 1.54) is 16.7 Å². The molecule has 2 aromatic carbocycles. The molecule has 0 spiro atoms. The van der Waals surface area contributed by atoms with Crippen LogP contribution in [-0.2, 0) is 15.9 Å². The lowest BCUT2D eigenvalue weighted by Crippen LogP contribution is -2.10. The zero-order valence-corrected chi connectivity index (χ0v) is 10.2. The van der Waals surface area contributed by atoms with Gasteiger partial charge in [0.15, 0.2) is 6.29 Å². The van der Waals surface area contributed by atoms with E-state index in [0.29, 0.717) is 13.2 Å². The first-order valence-electron chi connectivity index (χ1n) is 6.29. The fourth-order valence-corrected chi connectivity index (χ4v) is 2.18. The second-order valence-corrected chi connectivity index (χ2v) is 4.44. The highest BCUT2D eigenvalue weighted by Gasteiger charge is 2.15. The molecule has 18 heavy (non-hydrogen) atoms. The topological polar surface area (TPSA) is 18.5 Å². The highest BCUT2D eigenvalue weighted by Crippen LogP contribution is 2.20. The fourth-order valence-electron chi connectivity index (χ4n) is 2.18. The molecule has 0 amide bonds. The van der Waals surface area contributed by atoms with E-state index in [4.69, 9.17) is 9.47 Å². The van der Waals surface area contributed by atoms with Gasteiger partial charge in [-0.25, -0.2) is 0 Å². The number of benzene rings is 2. The molecule has 1 heterocycles. The van der Waals surface area contributed by atoms with Gasteiger partial charge in [0, 0.05) is 6.42 Å². The predicted octanol–water partition coefficient (Wildman–Crippen LogP) is 3.27. The van der Waals surface area contributed by atoms with Crippen LogP contribution in [0.3, 0.4) is 0 Å². The Bertz CT molecular complexity index is 484. The molecule has 1 aliphatic heterocycles. The third kappa shape index (κ3) is 2.61. The van der Waals surface area contributed by atoms with Crippen molar-refractivity contribution in [3.8, 4) is 11.1 Å². The van der Waals surface area contributed by atoms with E-state index in [0.717, 1.165) is 6.42 Å². The zero-order valence-electron chi connectivity index (χ0n) is 10.2. The van der Waals surface area contributed by atoms with E-state index >= 15 is 0 Å². The number of ether oxygens (including phenoxy) is 2. The number of rotatable bonds is 3. The molecule has 92 valence electrons. The lowest BCUT2D eigenvalue weighted by Gasteiger charge is -2.09. The number of hydrogen-bond acceptors (Lipinski definition) is 2. The van der Waals surface area contributed by atoms with Crippen molar-refractivity contribution in [2.24, 2.45) is 0 Å². The second-order valence-electron chi connectivity index (χ2n) is 4.44. The van der Waals surface area contributed by atoms with Gasteiger partial charge in [-0.3, -0.25) is 0 Å².